The van der Waals surface area contributed by atoms with E-state index >= 15 is 4.39 Å². The molecule has 0 radical (unpaired) electrons. The van der Waals surface area contributed by atoms with Crippen LogP contribution in [0.3, 0.4) is 0 Å². The largest absolute Gasteiger partial charge is 0.378 e. The fourth-order valence-electron chi connectivity index (χ4n) is 3.77. The number of benzene rings is 1. The number of anilines is 4. The van der Waals surface area contributed by atoms with Crippen LogP contribution in [0.5, 0.6) is 0 Å². The number of halogens is 1. The minimum absolute atomic E-state index is 0.111. The van der Waals surface area contributed by atoms with Crippen LogP contribution in [0.4, 0.5) is 27.4 Å². The topological polar surface area (TPSA) is 144 Å². The molecule has 1 fully saturated rings. The van der Waals surface area contributed by atoms with Crippen LogP contribution >= 0.6 is 0 Å². The number of piperidine rings is 1. The van der Waals surface area contributed by atoms with Crippen molar-refractivity contribution < 1.29 is 9.18 Å². The van der Waals surface area contributed by atoms with E-state index in [-0.39, 0.29) is 12.1 Å². The summed E-state index contributed by atoms with van der Waals surface area (Å²) < 4.78 is 15.1. The Labute approximate surface area is 195 Å². The molecular weight excluding hydrogens is 435 g/mol. The Bertz CT molecular complexity index is 1280. The molecule has 3 aromatic rings. The van der Waals surface area contributed by atoms with Gasteiger partial charge in [0.15, 0.2) is 0 Å². The van der Waals surface area contributed by atoms with E-state index in [1.54, 1.807) is 42.5 Å². The number of aromatic nitrogens is 2. The Kier molecular flexibility index (Phi) is 6.51. The van der Waals surface area contributed by atoms with Gasteiger partial charge in [-0.15, -0.1) is 0 Å². The molecule has 34 heavy (non-hydrogen) atoms. The summed E-state index contributed by atoms with van der Waals surface area (Å²) in [5.74, 6) is 0.341. The number of carbonyl (C=O) groups excluding carboxylic acids is 1. The van der Waals surface area contributed by atoms with Gasteiger partial charge in [-0.05, 0) is 36.8 Å². The summed E-state index contributed by atoms with van der Waals surface area (Å²) >= 11 is 0. The highest BCUT2D eigenvalue weighted by Gasteiger charge is 2.30. The number of rotatable bonds is 6. The molecule has 10 heteroatoms. The van der Waals surface area contributed by atoms with E-state index in [0.717, 1.165) is 0 Å². The van der Waals surface area contributed by atoms with Crippen molar-refractivity contribution in [3.63, 3.8) is 0 Å². The van der Waals surface area contributed by atoms with E-state index in [4.69, 9.17) is 16.3 Å². The van der Waals surface area contributed by atoms with E-state index < -0.39 is 18.1 Å². The van der Waals surface area contributed by atoms with Crippen LogP contribution in [0.25, 0.3) is 0 Å². The molecule has 1 saturated heterocycles. The van der Waals surface area contributed by atoms with Crippen LogP contribution < -0.4 is 21.3 Å². The number of pyridine rings is 2. The molecule has 1 aliphatic rings. The molecule has 170 valence electrons. The number of nitrogens with zero attached hydrogens (tertiary/aromatic N) is 5. The standard InChI is InChI=1S/C24H21FN8O/c25-19-14-33(23-5-4-16(11-27)12-30-23)7-6-20(19)32-21-9-22(29-13-18(21)24(28)34)31-17-3-1-2-15(8-17)10-26/h1-5,8-9,12-13,19-20H,6-7,14H2,(H2,28,34)(H2,29,31,32)/t19-,20+/m0/s1. The molecule has 3 heterocycles. The monoisotopic (exact) mass is 456 g/mol. The highest BCUT2D eigenvalue weighted by Crippen LogP contribution is 2.27. The Hall–Kier alpha value is -4.70. The first-order valence-electron chi connectivity index (χ1n) is 10.6. The maximum atomic E-state index is 15.1. The van der Waals surface area contributed by atoms with Crippen molar-refractivity contribution in [2.24, 2.45) is 5.73 Å². The van der Waals surface area contributed by atoms with E-state index in [2.05, 4.69) is 26.7 Å². The van der Waals surface area contributed by atoms with Crippen LogP contribution in [-0.2, 0) is 0 Å². The number of hydrogen-bond donors (Lipinski definition) is 3. The average molecular weight is 456 g/mol. The summed E-state index contributed by atoms with van der Waals surface area (Å²) in [5, 5.41) is 24.2. The van der Waals surface area contributed by atoms with Crippen molar-refractivity contribution in [2.75, 3.05) is 28.6 Å². The molecule has 1 aromatic carbocycles. The van der Waals surface area contributed by atoms with Crippen molar-refractivity contribution in [1.82, 2.24) is 9.97 Å². The fourth-order valence-corrected chi connectivity index (χ4v) is 3.77. The van der Waals surface area contributed by atoms with Crippen LogP contribution in [-0.4, -0.2) is 41.2 Å². The van der Waals surface area contributed by atoms with Gasteiger partial charge in [-0.25, -0.2) is 14.4 Å². The molecule has 1 aliphatic heterocycles. The molecule has 2 atom stereocenters. The number of alkyl halides is 1. The Balaban J connectivity index is 1.49. The second kappa shape index (κ2) is 9.84. The lowest BCUT2D eigenvalue weighted by molar-refractivity contribution is 0.100. The highest BCUT2D eigenvalue weighted by molar-refractivity contribution is 5.98. The van der Waals surface area contributed by atoms with E-state index in [1.165, 1.54) is 12.4 Å². The summed E-state index contributed by atoms with van der Waals surface area (Å²) in [6.07, 6.45) is 2.01. The van der Waals surface area contributed by atoms with Gasteiger partial charge in [0.25, 0.3) is 5.91 Å². The third-order valence-corrected chi connectivity index (χ3v) is 5.52. The van der Waals surface area contributed by atoms with E-state index in [0.29, 0.717) is 47.1 Å². The van der Waals surface area contributed by atoms with E-state index in [1.807, 2.05) is 11.0 Å². The van der Waals surface area contributed by atoms with Crippen molar-refractivity contribution >= 4 is 28.9 Å². The lowest BCUT2D eigenvalue weighted by atomic mass is 10.0. The van der Waals surface area contributed by atoms with Crippen LogP contribution in [0.2, 0.25) is 0 Å². The molecule has 4 N–H and O–H groups in total. The average Bonchev–Trinajstić information content (AvgIpc) is 2.85. The molecule has 0 spiro atoms. The number of nitriles is 2. The first-order chi connectivity index (χ1) is 16.5. The zero-order chi connectivity index (χ0) is 24.1. The maximum absolute atomic E-state index is 15.1. The quantitative estimate of drug-likeness (QED) is 0.513. The molecule has 2 aromatic heterocycles. The van der Waals surface area contributed by atoms with E-state index in [9.17, 15) is 4.79 Å². The predicted molar refractivity (Wildman–Crippen MR) is 125 cm³/mol. The number of carbonyl (C=O) groups is 1. The van der Waals surface area contributed by atoms with Gasteiger partial charge in [0.05, 0.1) is 41.0 Å². The lowest BCUT2D eigenvalue weighted by Gasteiger charge is -2.36. The normalized spacial score (nSPS) is 17.3. The van der Waals surface area contributed by atoms with Crippen LogP contribution in [0.1, 0.15) is 27.9 Å². The second-order valence-corrected chi connectivity index (χ2v) is 7.82. The predicted octanol–water partition coefficient (Wildman–Crippen LogP) is 3.09. The molecule has 0 aliphatic carbocycles. The van der Waals surface area contributed by atoms with Crippen molar-refractivity contribution in [3.05, 3.63) is 71.5 Å². The van der Waals surface area contributed by atoms with Gasteiger partial charge in [-0.2, -0.15) is 10.5 Å². The maximum Gasteiger partial charge on any atom is 0.252 e. The summed E-state index contributed by atoms with van der Waals surface area (Å²) in [7, 11) is 0. The number of amides is 1. The molecule has 9 nitrogen and oxygen atoms in total. The molecule has 0 unspecified atom stereocenters. The fraction of sp³-hybridized carbons (Fsp3) is 0.208. The Morgan fingerprint density at radius 3 is 2.62 bits per heavy atom. The van der Waals surface area contributed by atoms with Crippen molar-refractivity contribution in [3.8, 4) is 12.1 Å². The smallest absolute Gasteiger partial charge is 0.252 e. The van der Waals surface area contributed by atoms with Gasteiger partial charge in [-0.1, -0.05) is 6.07 Å². The summed E-state index contributed by atoms with van der Waals surface area (Å²) in [6.45, 7) is 0.652. The van der Waals surface area contributed by atoms with Gasteiger partial charge >= 0.3 is 0 Å². The minimum atomic E-state index is -1.25. The van der Waals surface area contributed by atoms with Crippen LogP contribution in [0.15, 0.2) is 54.9 Å². The third-order valence-electron chi connectivity index (χ3n) is 5.52. The lowest BCUT2D eigenvalue weighted by Crippen LogP contribution is -2.48. The number of primary amides is 1. The molecule has 0 bridgehead atoms. The Morgan fingerprint density at radius 2 is 1.94 bits per heavy atom. The van der Waals surface area contributed by atoms with Crippen LogP contribution in [0, 0.1) is 22.7 Å². The third kappa shape index (κ3) is 5.03. The van der Waals surface area contributed by atoms with Gasteiger partial charge in [-0.3, -0.25) is 4.79 Å². The van der Waals surface area contributed by atoms with Gasteiger partial charge in [0.1, 0.15) is 23.9 Å². The summed E-state index contributed by atoms with van der Waals surface area (Å²) in [4.78, 5) is 22.2. The zero-order valence-electron chi connectivity index (χ0n) is 18.1. The van der Waals surface area contributed by atoms with Gasteiger partial charge in [0, 0.05) is 30.7 Å². The number of nitrogens with one attached hydrogen (secondary N) is 2. The Morgan fingerprint density at radius 1 is 1.12 bits per heavy atom. The molecule has 1 amide bonds. The summed E-state index contributed by atoms with van der Waals surface area (Å²) in [6, 6.07) is 15.3. The molecule has 4 rings (SSSR count). The first kappa shape index (κ1) is 22.5. The zero-order valence-corrected chi connectivity index (χ0v) is 18.1. The summed E-state index contributed by atoms with van der Waals surface area (Å²) in [5.41, 5.74) is 7.61. The second-order valence-electron chi connectivity index (χ2n) is 7.82. The van der Waals surface area contributed by atoms with Gasteiger partial charge < -0.3 is 21.3 Å². The highest BCUT2D eigenvalue weighted by atomic mass is 19.1. The molecule has 0 saturated carbocycles. The van der Waals surface area contributed by atoms with Gasteiger partial charge in [0.2, 0.25) is 0 Å². The number of hydrogen-bond acceptors (Lipinski definition) is 8. The minimum Gasteiger partial charge on any atom is -0.378 e. The molecular formula is C24H21FN8O. The SMILES string of the molecule is N#Cc1ccc(N2CC[C@@H](Nc3cc(Nc4cccc(C#N)c4)ncc3C(N)=O)[C@@H](F)C2)nc1. The van der Waals surface area contributed by atoms with Crippen molar-refractivity contribution in [1.29, 1.82) is 10.5 Å². The first-order valence-corrected chi connectivity index (χ1v) is 10.6. The number of nitrogens with two attached hydrogens (primary N) is 1. The van der Waals surface area contributed by atoms with Crippen molar-refractivity contribution in [2.45, 2.75) is 18.6 Å².